The number of aromatic nitrogens is 2. The van der Waals surface area contributed by atoms with Crippen LogP contribution in [0.25, 0.3) is 0 Å². The Bertz CT molecular complexity index is 1300. The molecule has 2 N–H and O–H groups in total. The molecule has 0 saturated carbocycles. The van der Waals surface area contributed by atoms with Gasteiger partial charge in [0.15, 0.2) is 0 Å². The van der Waals surface area contributed by atoms with E-state index in [2.05, 4.69) is 9.97 Å². The molecule has 196 valence electrons. The first kappa shape index (κ1) is 27.7. The van der Waals surface area contributed by atoms with Crippen LogP contribution < -0.4 is 9.47 Å². The number of carboxylic acids is 2. The number of rotatable bonds is 8. The topological polar surface area (TPSA) is 119 Å². The fourth-order valence-electron chi connectivity index (χ4n) is 3.13. The van der Waals surface area contributed by atoms with Gasteiger partial charge in [0.2, 0.25) is 11.8 Å². The van der Waals surface area contributed by atoms with E-state index in [1.54, 1.807) is 38.1 Å². The van der Waals surface area contributed by atoms with E-state index in [0.29, 0.717) is 22.9 Å². The molecule has 0 radical (unpaired) electrons. The van der Waals surface area contributed by atoms with Crippen LogP contribution in [0.5, 0.6) is 11.8 Å². The summed E-state index contributed by atoms with van der Waals surface area (Å²) >= 11 is 0. The van der Waals surface area contributed by atoms with Crippen LogP contribution in [0.15, 0.2) is 73.1 Å². The van der Waals surface area contributed by atoms with Crippen molar-refractivity contribution in [2.45, 2.75) is 27.1 Å². The maximum Gasteiger partial charge on any atom is 0.337 e. The summed E-state index contributed by atoms with van der Waals surface area (Å²) in [6, 6.07) is 14.9. The van der Waals surface area contributed by atoms with Gasteiger partial charge in [0.05, 0.1) is 11.1 Å². The number of carbonyl (C=O) groups is 2. The minimum absolute atomic E-state index is 0.117. The van der Waals surface area contributed by atoms with Crippen LogP contribution in [-0.4, -0.2) is 32.1 Å². The highest BCUT2D eigenvalue weighted by Crippen LogP contribution is 2.18. The highest BCUT2D eigenvalue weighted by molar-refractivity contribution is 5.88. The Hall–Kier alpha value is -4.86. The molecular weight excluding hydrogens is 498 g/mol. The zero-order chi connectivity index (χ0) is 27.7. The van der Waals surface area contributed by atoms with Gasteiger partial charge in [-0.3, -0.25) is 0 Å². The Morgan fingerprint density at radius 2 is 1.03 bits per heavy atom. The average Bonchev–Trinajstić information content (AvgIpc) is 2.89. The van der Waals surface area contributed by atoms with E-state index in [1.807, 2.05) is 0 Å². The van der Waals surface area contributed by atoms with E-state index in [-0.39, 0.29) is 36.0 Å². The summed E-state index contributed by atoms with van der Waals surface area (Å²) in [5.74, 6) is -1.92. The first-order valence-corrected chi connectivity index (χ1v) is 11.3. The molecule has 2 aromatic carbocycles. The van der Waals surface area contributed by atoms with Gasteiger partial charge in [-0.15, -0.1) is 0 Å². The predicted octanol–water partition coefficient (Wildman–Crippen LogP) is 5.61. The van der Waals surface area contributed by atoms with E-state index < -0.39 is 11.9 Å². The third-order valence-electron chi connectivity index (χ3n) is 5.13. The molecule has 2 aromatic heterocycles. The fourth-order valence-corrected chi connectivity index (χ4v) is 3.13. The number of halogens is 2. The van der Waals surface area contributed by atoms with Crippen molar-refractivity contribution in [3.8, 4) is 11.8 Å². The standard InChI is InChI=1S/2C14H12FNO3/c2*1-9-6-11(14(17)18)7-16-13(9)19-8-10-2-4-12(15)5-3-10/h2*2-7H,8H2,1H3,(H,17,18). The summed E-state index contributed by atoms with van der Waals surface area (Å²) in [4.78, 5) is 29.4. The maximum absolute atomic E-state index is 12.7. The van der Waals surface area contributed by atoms with Gasteiger partial charge < -0.3 is 19.7 Å². The van der Waals surface area contributed by atoms with Gasteiger partial charge in [0, 0.05) is 23.5 Å². The lowest BCUT2D eigenvalue weighted by Gasteiger charge is -2.08. The minimum Gasteiger partial charge on any atom is -0.478 e. The van der Waals surface area contributed by atoms with Gasteiger partial charge in [0.25, 0.3) is 0 Å². The quantitative estimate of drug-likeness (QED) is 0.306. The number of nitrogens with zero attached hydrogens (tertiary/aromatic N) is 2. The Kier molecular flexibility index (Phi) is 9.42. The summed E-state index contributed by atoms with van der Waals surface area (Å²) in [5, 5.41) is 17.6. The molecule has 0 unspecified atom stereocenters. The highest BCUT2D eigenvalue weighted by atomic mass is 19.1. The molecule has 4 aromatic rings. The number of aromatic carboxylic acids is 2. The number of aryl methyl sites for hydroxylation is 2. The second kappa shape index (κ2) is 12.9. The third-order valence-corrected chi connectivity index (χ3v) is 5.13. The molecule has 0 bridgehead atoms. The molecular formula is C28H24F2N2O6. The Labute approximate surface area is 217 Å². The number of benzene rings is 2. The molecule has 8 nitrogen and oxygen atoms in total. The summed E-state index contributed by atoms with van der Waals surface area (Å²) in [5.41, 5.74) is 3.14. The Balaban J connectivity index is 0.000000211. The number of pyridine rings is 2. The van der Waals surface area contributed by atoms with Crippen molar-refractivity contribution in [3.63, 3.8) is 0 Å². The first-order chi connectivity index (χ1) is 18.1. The molecule has 0 aliphatic heterocycles. The summed E-state index contributed by atoms with van der Waals surface area (Å²) < 4.78 is 36.4. The van der Waals surface area contributed by atoms with Gasteiger partial charge in [-0.1, -0.05) is 24.3 Å². The second-order valence-corrected chi connectivity index (χ2v) is 8.13. The molecule has 0 aliphatic carbocycles. The molecule has 0 amide bonds. The van der Waals surface area contributed by atoms with Gasteiger partial charge >= 0.3 is 11.9 Å². The normalized spacial score (nSPS) is 10.2. The lowest BCUT2D eigenvalue weighted by molar-refractivity contribution is 0.0685. The molecule has 0 aliphatic rings. The third kappa shape index (κ3) is 8.09. The van der Waals surface area contributed by atoms with Crippen LogP contribution in [0, 0.1) is 25.5 Å². The van der Waals surface area contributed by atoms with E-state index in [4.69, 9.17) is 19.7 Å². The van der Waals surface area contributed by atoms with Crippen LogP contribution in [0.3, 0.4) is 0 Å². The van der Waals surface area contributed by atoms with E-state index in [9.17, 15) is 18.4 Å². The zero-order valence-corrected chi connectivity index (χ0v) is 20.5. The maximum atomic E-state index is 12.7. The van der Waals surface area contributed by atoms with Crippen molar-refractivity contribution in [1.82, 2.24) is 9.97 Å². The van der Waals surface area contributed by atoms with Crippen LogP contribution in [0.2, 0.25) is 0 Å². The smallest absolute Gasteiger partial charge is 0.337 e. The monoisotopic (exact) mass is 522 g/mol. The van der Waals surface area contributed by atoms with Crippen LogP contribution in [0.4, 0.5) is 8.78 Å². The Morgan fingerprint density at radius 3 is 1.32 bits per heavy atom. The molecule has 4 rings (SSSR count). The molecule has 2 heterocycles. The fraction of sp³-hybridized carbons (Fsp3) is 0.143. The van der Waals surface area contributed by atoms with Crippen LogP contribution in [-0.2, 0) is 13.2 Å². The lowest BCUT2D eigenvalue weighted by Crippen LogP contribution is -2.02. The van der Waals surface area contributed by atoms with Crippen molar-refractivity contribution < 1.29 is 38.1 Å². The second-order valence-electron chi connectivity index (χ2n) is 8.13. The van der Waals surface area contributed by atoms with Gasteiger partial charge in [0.1, 0.15) is 24.8 Å². The lowest BCUT2D eigenvalue weighted by atomic mass is 10.2. The summed E-state index contributed by atoms with van der Waals surface area (Å²) in [6.07, 6.45) is 2.49. The predicted molar refractivity (Wildman–Crippen MR) is 133 cm³/mol. The summed E-state index contributed by atoms with van der Waals surface area (Å²) in [7, 11) is 0. The molecule has 0 spiro atoms. The molecule has 0 fully saturated rings. The minimum atomic E-state index is -1.03. The number of hydrogen-bond donors (Lipinski definition) is 2. The number of carboxylic acid groups (broad SMARTS) is 2. The van der Waals surface area contributed by atoms with Crippen molar-refractivity contribution in [1.29, 1.82) is 0 Å². The largest absolute Gasteiger partial charge is 0.478 e. The van der Waals surface area contributed by atoms with E-state index >= 15 is 0 Å². The Morgan fingerprint density at radius 1 is 0.684 bits per heavy atom. The van der Waals surface area contributed by atoms with Crippen molar-refractivity contribution >= 4 is 11.9 Å². The zero-order valence-electron chi connectivity index (χ0n) is 20.5. The molecule has 0 atom stereocenters. The molecule has 10 heteroatoms. The molecule has 38 heavy (non-hydrogen) atoms. The highest BCUT2D eigenvalue weighted by Gasteiger charge is 2.09. The summed E-state index contributed by atoms with van der Waals surface area (Å²) in [6.45, 7) is 3.94. The van der Waals surface area contributed by atoms with Crippen molar-refractivity contribution in [2.75, 3.05) is 0 Å². The van der Waals surface area contributed by atoms with Crippen LogP contribution in [0.1, 0.15) is 43.0 Å². The van der Waals surface area contributed by atoms with E-state index in [1.165, 1.54) is 48.8 Å². The van der Waals surface area contributed by atoms with Crippen LogP contribution >= 0.6 is 0 Å². The average molecular weight is 523 g/mol. The van der Waals surface area contributed by atoms with Crippen molar-refractivity contribution in [2.24, 2.45) is 0 Å². The number of hydrogen-bond acceptors (Lipinski definition) is 6. The number of ether oxygens (including phenoxy) is 2. The van der Waals surface area contributed by atoms with Gasteiger partial charge in [-0.05, 0) is 61.4 Å². The van der Waals surface area contributed by atoms with E-state index in [0.717, 1.165) is 11.1 Å². The molecule has 0 saturated heterocycles. The van der Waals surface area contributed by atoms with Gasteiger partial charge in [-0.2, -0.15) is 0 Å². The SMILES string of the molecule is Cc1cc(C(=O)O)cnc1OCc1ccc(F)cc1.Cc1cc(C(=O)O)cnc1OCc1ccc(F)cc1. The van der Waals surface area contributed by atoms with Gasteiger partial charge in [-0.25, -0.2) is 28.3 Å². The van der Waals surface area contributed by atoms with Crippen molar-refractivity contribution in [3.05, 3.63) is 118 Å². The first-order valence-electron chi connectivity index (χ1n) is 11.3.